The highest BCUT2D eigenvalue weighted by atomic mass is 35.5. The number of carbonyl (C=O) groups is 2. The van der Waals surface area contributed by atoms with Crippen LogP contribution in [0.4, 0.5) is 5.69 Å². The smallest absolute Gasteiger partial charge is 0.313 e. The number of amides is 2. The number of aryl methyl sites for hydroxylation is 1. The van der Waals surface area contributed by atoms with Crippen molar-refractivity contribution < 1.29 is 9.59 Å². The molecule has 7 heteroatoms. The van der Waals surface area contributed by atoms with Crippen LogP contribution in [0.5, 0.6) is 0 Å². The van der Waals surface area contributed by atoms with Gasteiger partial charge in [0.25, 0.3) is 0 Å². The summed E-state index contributed by atoms with van der Waals surface area (Å²) >= 11 is 7.44. The van der Waals surface area contributed by atoms with Gasteiger partial charge in [0.15, 0.2) is 0 Å². The molecule has 2 N–H and O–H groups in total. The van der Waals surface area contributed by atoms with E-state index in [2.05, 4.69) is 15.6 Å². The number of rotatable bonds is 5. The van der Waals surface area contributed by atoms with Gasteiger partial charge in [0.2, 0.25) is 0 Å². The van der Waals surface area contributed by atoms with Gasteiger partial charge in [0, 0.05) is 34.6 Å². The molecule has 0 unspecified atom stereocenters. The lowest BCUT2D eigenvalue weighted by molar-refractivity contribution is -0.136. The zero-order valence-electron chi connectivity index (χ0n) is 15.6. The van der Waals surface area contributed by atoms with Crippen LogP contribution >= 0.6 is 22.9 Å². The highest BCUT2D eigenvalue weighted by Gasteiger charge is 2.15. The van der Waals surface area contributed by atoms with Gasteiger partial charge in [0.1, 0.15) is 5.01 Å². The average molecular weight is 414 g/mol. The number of thiazole rings is 1. The van der Waals surface area contributed by atoms with Crippen LogP contribution in [0.1, 0.15) is 16.8 Å². The molecule has 0 saturated heterocycles. The minimum absolute atomic E-state index is 0.336. The summed E-state index contributed by atoms with van der Waals surface area (Å²) in [7, 11) is 0. The molecule has 0 aliphatic carbocycles. The SMILES string of the molecule is Cc1cccc(NC(=O)C(=O)NCCc2csc(-c3ccc(Cl)cc3)n2)c1C. The third kappa shape index (κ3) is 4.97. The monoisotopic (exact) mass is 413 g/mol. The lowest BCUT2D eigenvalue weighted by Crippen LogP contribution is -2.36. The maximum Gasteiger partial charge on any atom is 0.313 e. The number of nitrogens with one attached hydrogen (secondary N) is 2. The number of carbonyl (C=O) groups excluding carboxylic acids is 2. The van der Waals surface area contributed by atoms with E-state index in [4.69, 9.17) is 11.6 Å². The second-order valence-corrected chi connectivity index (χ2v) is 7.65. The highest BCUT2D eigenvalue weighted by molar-refractivity contribution is 7.13. The summed E-state index contributed by atoms with van der Waals surface area (Å²) in [4.78, 5) is 28.7. The summed E-state index contributed by atoms with van der Waals surface area (Å²) in [6.07, 6.45) is 0.548. The lowest BCUT2D eigenvalue weighted by Gasteiger charge is -2.10. The van der Waals surface area contributed by atoms with Crippen LogP contribution in [0.15, 0.2) is 47.8 Å². The lowest BCUT2D eigenvalue weighted by atomic mass is 10.1. The summed E-state index contributed by atoms with van der Waals surface area (Å²) in [6.45, 7) is 4.20. The molecule has 2 aromatic carbocycles. The normalized spacial score (nSPS) is 10.5. The molecule has 0 aliphatic rings. The van der Waals surface area contributed by atoms with Crippen molar-refractivity contribution in [2.75, 3.05) is 11.9 Å². The van der Waals surface area contributed by atoms with Gasteiger partial charge in [-0.25, -0.2) is 4.98 Å². The number of hydrogen-bond acceptors (Lipinski definition) is 4. The van der Waals surface area contributed by atoms with Crippen LogP contribution in [0.2, 0.25) is 5.02 Å². The molecule has 0 radical (unpaired) electrons. The summed E-state index contributed by atoms with van der Waals surface area (Å²) in [5, 5.41) is 8.82. The van der Waals surface area contributed by atoms with Crippen molar-refractivity contribution in [3.05, 3.63) is 69.7 Å². The molecule has 1 heterocycles. The minimum atomic E-state index is -0.672. The van der Waals surface area contributed by atoms with E-state index < -0.39 is 11.8 Å². The Morgan fingerprint density at radius 3 is 2.57 bits per heavy atom. The standard InChI is InChI=1S/C21H20ClN3O2S/c1-13-4-3-5-18(14(13)2)25-20(27)19(26)23-11-10-17-12-28-21(24-17)15-6-8-16(22)9-7-15/h3-9,12H,10-11H2,1-2H3,(H,23,26)(H,25,27). The molecule has 1 aromatic heterocycles. The van der Waals surface area contributed by atoms with Crippen LogP contribution in [-0.4, -0.2) is 23.3 Å². The Morgan fingerprint density at radius 2 is 1.82 bits per heavy atom. The van der Waals surface area contributed by atoms with E-state index in [9.17, 15) is 9.59 Å². The predicted octanol–water partition coefficient (Wildman–Crippen LogP) is 4.38. The number of aromatic nitrogens is 1. The van der Waals surface area contributed by atoms with Gasteiger partial charge in [-0.05, 0) is 43.2 Å². The van der Waals surface area contributed by atoms with E-state index >= 15 is 0 Å². The fraction of sp³-hybridized carbons (Fsp3) is 0.190. The Morgan fingerprint density at radius 1 is 1.07 bits per heavy atom. The van der Waals surface area contributed by atoms with Crippen molar-refractivity contribution in [2.24, 2.45) is 0 Å². The van der Waals surface area contributed by atoms with Crippen molar-refractivity contribution in [3.8, 4) is 10.6 Å². The van der Waals surface area contributed by atoms with E-state index in [0.717, 1.165) is 27.4 Å². The largest absolute Gasteiger partial charge is 0.347 e. The third-order valence-corrected chi connectivity index (χ3v) is 5.56. The Kier molecular flexibility index (Phi) is 6.44. The summed E-state index contributed by atoms with van der Waals surface area (Å²) < 4.78 is 0. The van der Waals surface area contributed by atoms with Gasteiger partial charge < -0.3 is 10.6 Å². The van der Waals surface area contributed by atoms with E-state index in [-0.39, 0.29) is 0 Å². The molecule has 2 amide bonds. The van der Waals surface area contributed by atoms with E-state index in [1.165, 1.54) is 11.3 Å². The molecule has 0 spiro atoms. The molecular formula is C21H20ClN3O2S. The van der Waals surface area contributed by atoms with Gasteiger partial charge in [0.05, 0.1) is 5.69 Å². The molecular weight excluding hydrogens is 394 g/mol. The van der Waals surface area contributed by atoms with Crippen LogP contribution in [-0.2, 0) is 16.0 Å². The first-order valence-corrected chi connectivity index (χ1v) is 10.1. The molecule has 0 aliphatic heterocycles. The van der Waals surface area contributed by atoms with Crippen LogP contribution in [0.25, 0.3) is 10.6 Å². The quantitative estimate of drug-likeness (QED) is 0.610. The zero-order chi connectivity index (χ0) is 20.1. The molecule has 5 nitrogen and oxygen atoms in total. The molecule has 0 saturated carbocycles. The topological polar surface area (TPSA) is 71.1 Å². The van der Waals surface area contributed by atoms with Crippen molar-refractivity contribution in [1.29, 1.82) is 0 Å². The fourth-order valence-electron chi connectivity index (χ4n) is 2.60. The van der Waals surface area contributed by atoms with Crippen molar-refractivity contribution in [3.63, 3.8) is 0 Å². The van der Waals surface area contributed by atoms with Gasteiger partial charge in [-0.15, -0.1) is 11.3 Å². The molecule has 3 rings (SSSR count). The maximum atomic E-state index is 12.1. The van der Waals surface area contributed by atoms with E-state index in [1.54, 1.807) is 6.07 Å². The van der Waals surface area contributed by atoms with Gasteiger partial charge in [-0.3, -0.25) is 9.59 Å². The van der Waals surface area contributed by atoms with Crippen LogP contribution in [0, 0.1) is 13.8 Å². The molecule has 3 aromatic rings. The Hall–Kier alpha value is -2.70. The molecule has 28 heavy (non-hydrogen) atoms. The third-order valence-electron chi connectivity index (χ3n) is 4.37. The summed E-state index contributed by atoms with van der Waals surface area (Å²) in [6, 6.07) is 13.1. The number of benzene rings is 2. The zero-order valence-corrected chi connectivity index (χ0v) is 17.2. The Balaban J connectivity index is 1.50. The first-order valence-electron chi connectivity index (χ1n) is 8.80. The fourth-order valence-corrected chi connectivity index (χ4v) is 3.58. The van der Waals surface area contributed by atoms with Crippen molar-refractivity contribution in [2.45, 2.75) is 20.3 Å². The van der Waals surface area contributed by atoms with Gasteiger partial charge in [-0.1, -0.05) is 35.9 Å². The molecule has 0 fully saturated rings. The van der Waals surface area contributed by atoms with Gasteiger partial charge in [-0.2, -0.15) is 0 Å². The number of halogens is 1. The summed E-state index contributed by atoms with van der Waals surface area (Å²) in [5.41, 5.74) is 4.51. The highest BCUT2D eigenvalue weighted by Crippen LogP contribution is 2.25. The maximum absolute atomic E-state index is 12.1. The molecule has 0 atom stereocenters. The molecule has 144 valence electrons. The van der Waals surface area contributed by atoms with Crippen LogP contribution < -0.4 is 10.6 Å². The van der Waals surface area contributed by atoms with Crippen molar-refractivity contribution >= 4 is 40.4 Å². The first kappa shape index (κ1) is 20.0. The Bertz CT molecular complexity index is 999. The van der Waals surface area contributed by atoms with Gasteiger partial charge >= 0.3 is 11.8 Å². The number of hydrogen-bond donors (Lipinski definition) is 2. The first-order chi connectivity index (χ1) is 13.4. The predicted molar refractivity (Wildman–Crippen MR) is 114 cm³/mol. The summed E-state index contributed by atoms with van der Waals surface area (Å²) in [5.74, 6) is -1.33. The average Bonchev–Trinajstić information content (AvgIpc) is 3.14. The minimum Gasteiger partial charge on any atom is -0.347 e. The number of anilines is 1. The van der Waals surface area contributed by atoms with Crippen LogP contribution in [0.3, 0.4) is 0 Å². The number of nitrogens with zero attached hydrogens (tertiary/aromatic N) is 1. The Labute approximate surface area is 172 Å². The second kappa shape index (κ2) is 8.99. The van der Waals surface area contributed by atoms with E-state index in [1.807, 2.05) is 55.6 Å². The van der Waals surface area contributed by atoms with Crippen molar-refractivity contribution in [1.82, 2.24) is 10.3 Å². The van der Waals surface area contributed by atoms with E-state index in [0.29, 0.717) is 23.7 Å². The molecule has 0 bridgehead atoms. The second-order valence-electron chi connectivity index (χ2n) is 6.36.